The number of nitrogens with zero attached hydrogens (tertiary/aromatic N) is 2. The molecule has 3 nitrogen and oxygen atoms in total. The van der Waals surface area contributed by atoms with Gasteiger partial charge in [-0.1, -0.05) is 17.7 Å². The lowest BCUT2D eigenvalue weighted by Gasteiger charge is -2.08. The Bertz CT molecular complexity index is 785. The molecule has 2 N–H and O–H groups in total. The van der Waals surface area contributed by atoms with Crippen LogP contribution in [0.2, 0.25) is 5.02 Å². The van der Waals surface area contributed by atoms with Crippen molar-refractivity contribution in [1.29, 1.82) is 0 Å². The minimum atomic E-state index is -0.370. The summed E-state index contributed by atoms with van der Waals surface area (Å²) >= 11 is 9.30. The van der Waals surface area contributed by atoms with E-state index in [0.717, 1.165) is 0 Å². The third-order valence-electron chi connectivity index (χ3n) is 2.81. The van der Waals surface area contributed by atoms with Crippen LogP contribution in [0.4, 0.5) is 10.3 Å². The third-order valence-corrected chi connectivity index (χ3v) is 3.76. The fourth-order valence-electron chi connectivity index (χ4n) is 1.99. The average molecular weight is 341 g/mol. The Balaban J connectivity index is 2.35. The van der Waals surface area contributed by atoms with E-state index >= 15 is 0 Å². The predicted octanol–water partition coefficient (Wildman–Crippen LogP) is 4.16. The van der Waals surface area contributed by atoms with Crippen LogP contribution in [0.15, 0.2) is 40.9 Å². The molecule has 1 heterocycles. The normalized spacial score (nSPS) is 11.1. The van der Waals surface area contributed by atoms with Gasteiger partial charge in [0.05, 0.1) is 26.2 Å². The van der Waals surface area contributed by atoms with E-state index < -0.39 is 0 Å². The maximum absolute atomic E-state index is 13.6. The van der Waals surface area contributed by atoms with Crippen molar-refractivity contribution < 1.29 is 4.39 Å². The van der Waals surface area contributed by atoms with Gasteiger partial charge in [-0.25, -0.2) is 9.37 Å². The van der Waals surface area contributed by atoms with Gasteiger partial charge in [-0.05, 0) is 46.3 Å². The van der Waals surface area contributed by atoms with E-state index in [1.807, 2.05) is 6.07 Å². The number of anilines is 1. The van der Waals surface area contributed by atoms with E-state index in [1.165, 1.54) is 6.07 Å². The van der Waals surface area contributed by atoms with Gasteiger partial charge in [-0.2, -0.15) is 0 Å². The maximum atomic E-state index is 13.6. The minimum Gasteiger partial charge on any atom is -0.369 e. The van der Waals surface area contributed by atoms with E-state index in [0.29, 0.717) is 26.2 Å². The van der Waals surface area contributed by atoms with Crippen molar-refractivity contribution in [3.63, 3.8) is 0 Å². The van der Waals surface area contributed by atoms with E-state index in [-0.39, 0.29) is 11.8 Å². The van der Waals surface area contributed by atoms with Crippen molar-refractivity contribution in [2.75, 3.05) is 5.73 Å². The number of aromatic nitrogens is 2. The zero-order valence-corrected chi connectivity index (χ0v) is 11.9. The fraction of sp³-hybridized carbons (Fsp3) is 0. The smallest absolute Gasteiger partial charge is 0.205 e. The monoisotopic (exact) mass is 339 g/mol. The van der Waals surface area contributed by atoms with Crippen LogP contribution in [0.25, 0.3) is 16.7 Å². The molecule has 0 amide bonds. The molecule has 0 spiro atoms. The summed E-state index contributed by atoms with van der Waals surface area (Å²) in [5.41, 5.74) is 7.82. The molecule has 19 heavy (non-hydrogen) atoms. The lowest BCUT2D eigenvalue weighted by molar-refractivity contribution is 0.620. The van der Waals surface area contributed by atoms with Crippen LogP contribution in [0, 0.1) is 5.82 Å². The molecule has 1 aromatic heterocycles. The first-order valence-corrected chi connectivity index (χ1v) is 6.63. The lowest BCUT2D eigenvalue weighted by Crippen LogP contribution is -2.01. The number of hydrogen-bond donors (Lipinski definition) is 1. The van der Waals surface area contributed by atoms with Gasteiger partial charge < -0.3 is 5.73 Å². The summed E-state index contributed by atoms with van der Waals surface area (Å²) in [6, 6.07) is 10.1. The Morgan fingerprint density at radius 3 is 2.79 bits per heavy atom. The van der Waals surface area contributed by atoms with Crippen LogP contribution in [-0.2, 0) is 0 Å². The molecule has 3 rings (SSSR count). The second-order valence-electron chi connectivity index (χ2n) is 4.01. The van der Waals surface area contributed by atoms with Gasteiger partial charge in [-0.15, -0.1) is 0 Å². The Morgan fingerprint density at radius 1 is 1.26 bits per heavy atom. The summed E-state index contributed by atoms with van der Waals surface area (Å²) in [6.07, 6.45) is 0. The van der Waals surface area contributed by atoms with E-state index in [1.54, 1.807) is 28.8 Å². The topological polar surface area (TPSA) is 43.8 Å². The predicted molar refractivity (Wildman–Crippen MR) is 78.2 cm³/mol. The van der Waals surface area contributed by atoms with Crippen molar-refractivity contribution in [3.8, 4) is 5.69 Å². The van der Waals surface area contributed by atoms with Crippen molar-refractivity contribution in [1.82, 2.24) is 9.55 Å². The number of hydrogen-bond acceptors (Lipinski definition) is 2. The molecule has 6 heteroatoms. The Kier molecular flexibility index (Phi) is 2.95. The molecule has 96 valence electrons. The number of nitrogens with two attached hydrogens (primary N) is 1. The van der Waals surface area contributed by atoms with Gasteiger partial charge in [0, 0.05) is 0 Å². The third kappa shape index (κ3) is 1.99. The zero-order valence-electron chi connectivity index (χ0n) is 9.57. The summed E-state index contributed by atoms with van der Waals surface area (Å²) in [7, 11) is 0. The zero-order chi connectivity index (χ0) is 13.6. The number of imidazole rings is 1. The van der Waals surface area contributed by atoms with Crippen molar-refractivity contribution in [2.24, 2.45) is 0 Å². The molecule has 2 aromatic carbocycles. The fourth-order valence-corrected chi connectivity index (χ4v) is 2.49. The average Bonchev–Trinajstić information content (AvgIpc) is 2.70. The van der Waals surface area contributed by atoms with Crippen LogP contribution < -0.4 is 5.73 Å². The molecule has 0 unspecified atom stereocenters. The maximum Gasteiger partial charge on any atom is 0.205 e. The van der Waals surface area contributed by atoms with E-state index in [4.69, 9.17) is 17.3 Å². The molecule has 0 fully saturated rings. The van der Waals surface area contributed by atoms with Crippen molar-refractivity contribution in [3.05, 3.63) is 51.7 Å². The summed E-state index contributed by atoms with van der Waals surface area (Å²) in [5.74, 6) is -0.101. The summed E-state index contributed by atoms with van der Waals surface area (Å²) < 4.78 is 15.7. The van der Waals surface area contributed by atoms with Crippen LogP contribution in [0.1, 0.15) is 0 Å². The molecular weight excluding hydrogens is 333 g/mol. The first-order valence-electron chi connectivity index (χ1n) is 5.46. The standard InChI is InChI=1S/C13H8BrClFN3/c14-8-5-4-7(6-10(8)16)19-12-9(15)2-1-3-11(12)18-13(19)17/h1-6H,(H2,17,18). The van der Waals surface area contributed by atoms with Crippen LogP contribution in [0.3, 0.4) is 0 Å². The highest BCUT2D eigenvalue weighted by Gasteiger charge is 2.13. The molecule has 3 aromatic rings. The lowest BCUT2D eigenvalue weighted by atomic mass is 10.2. The first-order chi connectivity index (χ1) is 9.08. The Morgan fingerprint density at radius 2 is 2.05 bits per heavy atom. The number of benzene rings is 2. The highest BCUT2D eigenvalue weighted by atomic mass is 79.9. The van der Waals surface area contributed by atoms with Crippen molar-refractivity contribution >= 4 is 44.5 Å². The van der Waals surface area contributed by atoms with Gasteiger partial charge in [0.1, 0.15) is 5.82 Å². The molecule has 0 saturated carbocycles. The van der Waals surface area contributed by atoms with Crippen LogP contribution in [0.5, 0.6) is 0 Å². The summed E-state index contributed by atoms with van der Waals surface area (Å²) in [4.78, 5) is 4.22. The Labute approximate surface area is 121 Å². The number of fused-ring (bicyclic) bond motifs is 1. The molecule has 0 radical (unpaired) electrons. The molecule has 0 aliphatic heterocycles. The van der Waals surface area contributed by atoms with E-state index in [2.05, 4.69) is 20.9 Å². The number of nitrogen functional groups attached to an aromatic ring is 1. The van der Waals surface area contributed by atoms with E-state index in [9.17, 15) is 4.39 Å². The molecular formula is C13H8BrClFN3. The first kappa shape index (κ1) is 12.4. The van der Waals surface area contributed by atoms with Crippen molar-refractivity contribution in [2.45, 2.75) is 0 Å². The highest BCUT2D eigenvalue weighted by Crippen LogP contribution is 2.30. The largest absolute Gasteiger partial charge is 0.369 e. The molecule has 0 atom stereocenters. The summed E-state index contributed by atoms with van der Waals surface area (Å²) in [5, 5.41) is 0.519. The van der Waals surface area contributed by atoms with Gasteiger partial charge in [0.25, 0.3) is 0 Å². The number of halogens is 3. The highest BCUT2D eigenvalue weighted by molar-refractivity contribution is 9.10. The number of para-hydroxylation sites is 1. The van der Waals surface area contributed by atoms with Crippen LogP contribution >= 0.6 is 27.5 Å². The molecule has 0 bridgehead atoms. The second-order valence-corrected chi connectivity index (χ2v) is 5.27. The SMILES string of the molecule is Nc1nc2cccc(Cl)c2n1-c1ccc(Br)c(F)c1. The molecule has 0 saturated heterocycles. The van der Waals surface area contributed by atoms with Crippen LogP contribution in [-0.4, -0.2) is 9.55 Å². The second kappa shape index (κ2) is 4.51. The molecule has 0 aliphatic rings. The molecule has 0 aliphatic carbocycles. The van der Waals surface area contributed by atoms with Gasteiger partial charge in [0.15, 0.2) is 0 Å². The Hall–Kier alpha value is -1.59. The van der Waals surface area contributed by atoms with Gasteiger partial charge in [0.2, 0.25) is 5.95 Å². The van der Waals surface area contributed by atoms with Gasteiger partial charge in [-0.3, -0.25) is 4.57 Å². The summed E-state index contributed by atoms with van der Waals surface area (Å²) in [6.45, 7) is 0. The number of rotatable bonds is 1. The quantitative estimate of drug-likeness (QED) is 0.723. The van der Waals surface area contributed by atoms with Gasteiger partial charge >= 0.3 is 0 Å². The minimum absolute atomic E-state index is 0.268.